The summed E-state index contributed by atoms with van der Waals surface area (Å²) < 4.78 is 0. The molecule has 0 fully saturated rings. The quantitative estimate of drug-likeness (QED) is 0.633. The van der Waals surface area contributed by atoms with Gasteiger partial charge in [-0.05, 0) is 12.1 Å². The number of aromatic nitrogens is 3. The molecule has 3 rings (SSSR count). The van der Waals surface area contributed by atoms with Gasteiger partial charge >= 0.3 is 0 Å². The smallest absolute Gasteiger partial charge is 0.120 e. The van der Waals surface area contributed by atoms with Crippen molar-refractivity contribution in [2.24, 2.45) is 10.2 Å². The van der Waals surface area contributed by atoms with E-state index in [0.717, 1.165) is 22.3 Å². The lowest BCUT2D eigenvalue weighted by atomic mass is 10.1. The molecule has 0 aliphatic carbocycles. The Morgan fingerprint density at radius 2 is 2.25 bits per heavy atom. The van der Waals surface area contributed by atoms with Gasteiger partial charge in [-0.3, -0.25) is 0 Å². The number of rotatable bonds is 0. The van der Waals surface area contributed by atoms with Crippen LogP contribution in [0.25, 0.3) is 11.0 Å². The van der Waals surface area contributed by atoms with Crippen molar-refractivity contribution in [3.05, 3.63) is 17.7 Å². The van der Waals surface area contributed by atoms with E-state index in [2.05, 4.69) is 25.6 Å². The molecule has 0 saturated carbocycles. The summed E-state index contributed by atoms with van der Waals surface area (Å²) >= 11 is 0. The minimum atomic E-state index is 0.624. The van der Waals surface area contributed by atoms with Gasteiger partial charge in [0.2, 0.25) is 0 Å². The summed E-state index contributed by atoms with van der Waals surface area (Å²) in [6.45, 7) is 0.624. The highest BCUT2D eigenvalue weighted by Gasteiger charge is 2.13. The van der Waals surface area contributed by atoms with E-state index in [9.17, 15) is 0 Å². The monoisotopic (exact) mass is 159 g/mol. The molecule has 5 nitrogen and oxygen atoms in total. The summed E-state index contributed by atoms with van der Waals surface area (Å²) in [7, 11) is 0. The van der Waals surface area contributed by atoms with Crippen LogP contribution in [0.1, 0.15) is 5.56 Å². The second kappa shape index (κ2) is 1.88. The van der Waals surface area contributed by atoms with Gasteiger partial charge in [0.1, 0.15) is 11.0 Å². The predicted octanol–water partition coefficient (Wildman–Crippen LogP) is 1.56. The zero-order valence-corrected chi connectivity index (χ0v) is 6.15. The third-order valence-electron chi connectivity index (χ3n) is 1.98. The molecule has 2 heterocycles. The van der Waals surface area contributed by atoms with Crippen molar-refractivity contribution < 1.29 is 0 Å². The molecule has 0 amide bonds. The van der Waals surface area contributed by atoms with E-state index >= 15 is 0 Å². The number of aromatic amines is 1. The van der Waals surface area contributed by atoms with Gasteiger partial charge in [-0.15, -0.1) is 0 Å². The average Bonchev–Trinajstić information content (AvgIpc) is 2.71. The summed E-state index contributed by atoms with van der Waals surface area (Å²) in [6.07, 6.45) is 0. The Balaban J connectivity index is 2.49. The Bertz CT molecular complexity index is 470. The van der Waals surface area contributed by atoms with E-state index in [1.165, 1.54) is 0 Å². The van der Waals surface area contributed by atoms with Crippen LogP contribution in [0.3, 0.4) is 0 Å². The highest BCUT2D eigenvalue weighted by atomic mass is 15.3. The van der Waals surface area contributed by atoms with Crippen molar-refractivity contribution in [1.29, 1.82) is 0 Å². The number of nitrogens with zero attached hydrogens (tertiary/aromatic N) is 4. The first-order valence-corrected chi connectivity index (χ1v) is 3.65. The molecular formula is C7H5N5. The maximum absolute atomic E-state index is 4.03. The molecule has 1 aromatic heterocycles. The predicted molar refractivity (Wildman–Crippen MR) is 42.1 cm³/mol. The minimum absolute atomic E-state index is 0.624. The van der Waals surface area contributed by atoms with E-state index < -0.39 is 0 Å². The third kappa shape index (κ3) is 0.578. The zero-order chi connectivity index (χ0) is 7.97. The van der Waals surface area contributed by atoms with Gasteiger partial charge in [0.05, 0.1) is 12.2 Å². The molecule has 1 N–H and O–H groups in total. The van der Waals surface area contributed by atoms with Gasteiger partial charge < -0.3 is 0 Å². The summed E-state index contributed by atoms with van der Waals surface area (Å²) in [5.74, 6) is 0. The molecule has 1 aliphatic rings. The summed E-state index contributed by atoms with van der Waals surface area (Å²) in [5.41, 5.74) is 3.75. The Kier molecular flexibility index (Phi) is 0.910. The Morgan fingerprint density at radius 1 is 1.25 bits per heavy atom. The van der Waals surface area contributed by atoms with Crippen LogP contribution < -0.4 is 0 Å². The molecule has 5 heteroatoms. The van der Waals surface area contributed by atoms with Crippen LogP contribution in [-0.4, -0.2) is 15.4 Å². The molecular weight excluding hydrogens is 154 g/mol. The van der Waals surface area contributed by atoms with Crippen LogP contribution in [0.4, 0.5) is 5.69 Å². The number of nitrogens with one attached hydrogen (secondary N) is 1. The van der Waals surface area contributed by atoms with Gasteiger partial charge in [-0.2, -0.15) is 25.6 Å². The van der Waals surface area contributed by atoms with Crippen molar-refractivity contribution >= 4 is 16.7 Å². The highest BCUT2D eigenvalue weighted by molar-refractivity contribution is 5.82. The number of azo groups is 1. The molecule has 0 radical (unpaired) electrons. The number of hydrogen-bond donors (Lipinski definition) is 1. The largest absolute Gasteiger partial charge is 0.197 e. The first-order valence-electron chi connectivity index (χ1n) is 3.65. The van der Waals surface area contributed by atoms with E-state index in [4.69, 9.17) is 0 Å². The second-order valence-electron chi connectivity index (χ2n) is 2.65. The number of H-pyrrole nitrogens is 1. The lowest BCUT2D eigenvalue weighted by Gasteiger charge is -1.92. The molecule has 2 aromatic rings. The lowest BCUT2D eigenvalue weighted by molar-refractivity contribution is 0.955. The highest BCUT2D eigenvalue weighted by Crippen LogP contribution is 2.31. The standard InChI is InChI=1S/C7H5N5/c1-2-6-7(11-12-10-6)4-3-8-9-5(1)4/h1-2H,3H2,(H,10,11,12). The van der Waals surface area contributed by atoms with Gasteiger partial charge in [-0.1, -0.05) is 0 Å². The minimum Gasteiger partial charge on any atom is -0.197 e. The number of hydrogen-bond acceptors (Lipinski definition) is 4. The molecule has 1 aliphatic heterocycles. The van der Waals surface area contributed by atoms with Gasteiger partial charge in [0.15, 0.2) is 0 Å². The molecule has 1 aromatic carbocycles. The fourth-order valence-electron chi connectivity index (χ4n) is 1.39. The van der Waals surface area contributed by atoms with Crippen LogP contribution in [0.2, 0.25) is 0 Å². The Hall–Kier alpha value is -1.78. The SMILES string of the molecule is c1cc2n[nH]nc2c2c1N=NC2. The first kappa shape index (κ1) is 5.82. The maximum atomic E-state index is 4.03. The summed E-state index contributed by atoms with van der Waals surface area (Å²) in [6, 6.07) is 3.80. The Labute approximate surface area is 67.5 Å². The third-order valence-corrected chi connectivity index (χ3v) is 1.98. The van der Waals surface area contributed by atoms with Crippen LogP contribution >= 0.6 is 0 Å². The van der Waals surface area contributed by atoms with Crippen molar-refractivity contribution in [3.8, 4) is 0 Å². The second-order valence-corrected chi connectivity index (χ2v) is 2.65. The van der Waals surface area contributed by atoms with E-state index in [1.54, 1.807) is 0 Å². The summed E-state index contributed by atoms with van der Waals surface area (Å²) in [5, 5.41) is 18.5. The van der Waals surface area contributed by atoms with Crippen LogP contribution in [-0.2, 0) is 6.54 Å². The van der Waals surface area contributed by atoms with Crippen molar-refractivity contribution in [3.63, 3.8) is 0 Å². The fourth-order valence-corrected chi connectivity index (χ4v) is 1.39. The molecule has 12 heavy (non-hydrogen) atoms. The number of benzene rings is 1. The lowest BCUT2D eigenvalue weighted by Crippen LogP contribution is -1.79. The van der Waals surface area contributed by atoms with Crippen molar-refractivity contribution in [1.82, 2.24) is 15.4 Å². The molecule has 58 valence electrons. The molecule has 0 unspecified atom stereocenters. The average molecular weight is 159 g/mol. The molecule has 0 bridgehead atoms. The van der Waals surface area contributed by atoms with Gasteiger partial charge in [0.25, 0.3) is 0 Å². The van der Waals surface area contributed by atoms with E-state index in [0.29, 0.717) is 6.54 Å². The van der Waals surface area contributed by atoms with Gasteiger partial charge in [-0.25, -0.2) is 0 Å². The van der Waals surface area contributed by atoms with Crippen LogP contribution in [0.5, 0.6) is 0 Å². The molecule has 0 spiro atoms. The normalized spacial score (nSPS) is 14.0. The van der Waals surface area contributed by atoms with Crippen LogP contribution in [0.15, 0.2) is 22.4 Å². The van der Waals surface area contributed by atoms with Crippen molar-refractivity contribution in [2.45, 2.75) is 6.54 Å². The van der Waals surface area contributed by atoms with Crippen LogP contribution in [0, 0.1) is 0 Å². The van der Waals surface area contributed by atoms with Crippen molar-refractivity contribution in [2.75, 3.05) is 0 Å². The Morgan fingerprint density at radius 3 is 3.25 bits per heavy atom. The van der Waals surface area contributed by atoms with E-state index in [1.807, 2.05) is 12.1 Å². The van der Waals surface area contributed by atoms with Gasteiger partial charge in [0, 0.05) is 5.56 Å². The topological polar surface area (TPSA) is 66.3 Å². The zero-order valence-electron chi connectivity index (χ0n) is 6.15. The molecule has 0 saturated heterocycles. The van der Waals surface area contributed by atoms with E-state index in [-0.39, 0.29) is 0 Å². The molecule has 0 atom stereocenters. The fraction of sp³-hybridized carbons (Fsp3) is 0.143. The summed E-state index contributed by atoms with van der Waals surface area (Å²) in [4.78, 5) is 0. The first-order chi connectivity index (χ1) is 5.95. The maximum Gasteiger partial charge on any atom is 0.120 e. The number of fused-ring (bicyclic) bond motifs is 3.